The normalized spacial score (nSPS) is 10.8. The van der Waals surface area contributed by atoms with E-state index in [4.69, 9.17) is 0 Å². The van der Waals surface area contributed by atoms with Gasteiger partial charge in [-0.1, -0.05) is 13.8 Å². The lowest BCUT2D eigenvalue weighted by Crippen LogP contribution is -2.00. The zero-order chi connectivity index (χ0) is 14.9. The first-order valence-corrected chi connectivity index (χ1v) is 6.70. The zero-order valence-corrected chi connectivity index (χ0v) is 11.7. The summed E-state index contributed by atoms with van der Waals surface area (Å²) in [7, 11) is 0. The highest BCUT2D eigenvalue weighted by atomic mass is 32.1. The fraction of sp³-hybridized carbons (Fsp3) is 0.231. The third-order valence-corrected chi connectivity index (χ3v) is 3.83. The van der Waals surface area contributed by atoms with Gasteiger partial charge in [-0.05, 0) is 18.1 Å². The quantitative estimate of drug-likeness (QED) is 0.687. The number of nitro groups is 1. The van der Waals surface area contributed by atoms with Crippen LogP contribution in [0.3, 0.4) is 0 Å². The molecule has 0 unspecified atom stereocenters. The molecule has 104 valence electrons. The molecule has 0 bridgehead atoms. The van der Waals surface area contributed by atoms with Crippen LogP contribution >= 0.6 is 11.3 Å². The van der Waals surface area contributed by atoms with Gasteiger partial charge in [-0.2, -0.15) is 0 Å². The molecule has 0 saturated carbocycles. The number of carbonyl (C=O) groups is 1. The molecule has 6 nitrogen and oxygen atoms in total. The summed E-state index contributed by atoms with van der Waals surface area (Å²) in [5, 5.41) is 20.3. The molecule has 0 atom stereocenters. The predicted molar refractivity (Wildman–Crippen MR) is 75.3 cm³/mol. The van der Waals surface area contributed by atoms with Gasteiger partial charge in [-0.3, -0.25) is 10.1 Å². The Labute approximate surface area is 118 Å². The molecule has 0 aliphatic rings. The summed E-state index contributed by atoms with van der Waals surface area (Å²) < 4.78 is 0. The summed E-state index contributed by atoms with van der Waals surface area (Å²) in [5.74, 6) is -0.997. The number of nitrogens with zero attached hydrogens (tertiary/aromatic N) is 2. The van der Waals surface area contributed by atoms with E-state index in [9.17, 15) is 20.0 Å². The van der Waals surface area contributed by atoms with Crippen LogP contribution in [0.25, 0.3) is 10.6 Å². The molecule has 1 heterocycles. The van der Waals surface area contributed by atoms with Crippen molar-refractivity contribution in [3.63, 3.8) is 0 Å². The first kappa shape index (κ1) is 14.1. The zero-order valence-electron chi connectivity index (χ0n) is 10.9. The predicted octanol–water partition coefficient (Wildman–Crippen LogP) is 3.54. The Morgan fingerprint density at radius 1 is 1.35 bits per heavy atom. The smallest absolute Gasteiger partial charge is 0.347 e. The number of hydrogen-bond donors (Lipinski definition) is 1. The average Bonchev–Trinajstić information content (AvgIpc) is 2.84. The van der Waals surface area contributed by atoms with E-state index in [1.165, 1.54) is 12.1 Å². The van der Waals surface area contributed by atoms with Gasteiger partial charge in [0.15, 0.2) is 0 Å². The monoisotopic (exact) mass is 292 g/mol. The molecule has 0 fully saturated rings. The van der Waals surface area contributed by atoms with Crippen molar-refractivity contribution in [3.05, 3.63) is 45.0 Å². The summed E-state index contributed by atoms with van der Waals surface area (Å²) in [6.45, 7) is 3.75. The minimum atomic E-state index is -1.00. The number of non-ortho nitro benzene ring substituents is 1. The summed E-state index contributed by atoms with van der Waals surface area (Å²) in [6.07, 6.45) is 0. The van der Waals surface area contributed by atoms with Crippen LogP contribution in [0.2, 0.25) is 0 Å². The van der Waals surface area contributed by atoms with Gasteiger partial charge in [0.25, 0.3) is 5.69 Å². The van der Waals surface area contributed by atoms with Crippen molar-refractivity contribution in [1.82, 2.24) is 4.98 Å². The number of hydrogen-bond acceptors (Lipinski definition) is 5. The van der Waals surface area contributed by atoms with E-state index in [-0.39, 0.29) is 16.5 Å². The molecule has 1 N–H and O–H groups in total. The molecule has 2 rings (SSSR count). The van der Waals surface area contributed by atoms with E-state index in [2.05, 4.69) is 4.98 Å². The Morgan fingerprint density at radius 2 is 1.95 bits per heavy atom. The van der Waals surface area contributed by atoms with Crippen molar-refractivity contribution < 1.29 is 14.8 Å². The molecule has 20 heavy (non-hydrogen) atoms. The number of benzene rings is 1. The minimum absolute atomic E-state index is 0.00384. The maximum absolute atomic E-state index is 11.2. The van der Waals surface area contributed by atoms with E-state index in [1.807, 2.05) is 13.8 Å². The number of aromatic nitrogens is 1. The molecule has 1 aromatic heterocycles. The van der Waals surface area contributed by atoms with E-state index in [0.717, 1.165) is 11.3 Å². The van der Waals surface area contributed by atoms with Crippen molar-refractivity contribution in [2.75, 3.05) is 0 Å². The summed E-state index contributed by atoms with van der Waals surface area (Å²) in [4.78, 5) is 25.9. The van der Waals surface area contributed by atoms with E-state index >= 15 is 0 Å². The molecule has 0 aliphatic carbocycles. The van der Waals surface area contributed by atoms with Crippen LogP contribution in [0, 0.1) is 10.1 Å². The Hall–Kier alpha value is -2.28. The highest BCUT2D eigenvalue weighted by molar-refractivity contribution is 7.17. The van der Waals surface area contributed by atoms with Crippen LogP contribution < -0.4 is 0 Å². The van der Waals surface area contributed by atoms with Gasteiger partial charge in [-0.25, -0.2) is 9.78 Å². The number of aromatic carboxylic acids is 1. The van der Waals surface area contributed by atoms with Crippen LogP contribution in [0.15, 0.2) is 24.3 Å². The largest absolute Gasteiger partial charge is 0.477 e. The molecule has 2 aromatic rings. The summed E-state index contributed by atoms with van der Waals surface area (Å²) >= 11 is 1.08. The van der Waals surface area contributed by atoms with E-state index in [0.29, 0.717) is 16.3 Å². The van der Waals surface area contributed by atoms with Crippen LogP contribution in [-0.2, 0) is 0 Å². The van der Waals surface area contributed by atoms with E-state index < -0.39 is 10.9 Å². The SMILES string of the molecule is CC(C)c1nc(-c2ccc([N+](=O)[O-])cc2)sc1C(=O)O. The maximum atomic E-state index is 11.2. The number of nitro benzene ring substituents is 1. The number of thiazole rings is 1. The van der Waals surface area contributed by atoms with Crippen molar-refractivity contribution in [2.45, 2.75) is 19.8 Å². The molecule has 0 aliphatic heterocycles. The number of rotatable bonds is 4. The second-order valence-corrected chi connectivity index (χ2v) is 5.50. The Morgan fingerprint density at radius 3 is 2.35 bits per heavy atom. The fourth-order valence-corrected chi connectivity index (χ4v) is 2.79. The van der Waals surface area contributed by atoms with Crippen molar-refractivity contribution in [2.24, 2.45) is 0 Å². The fourth-order valence-electron chi connectivity index (χ4n) is 1.73. The topological polar surface area (TPSA) is 93.3 Å². The first-order valence-electron chi connectivity index (χ1n) is 5.89. The lowest BCUT2D eigenvalue weighted by atomic mass is 10.1. The Bertz CT molecular complexity index is 662. The molecule has 0 spiro atoms. The standard InChI is InChI=1S/C13H12N2O4S/c1-7(2)10-11(13(16)17)20-12(14-10)8-3-5-9(6-4-8)15(18)19/h3-7H,1-2H3,(H,16,17). The lowest BCUT2D eigenvalue weighted by Gasteiger charge is -2.00. The van der Waals surface area contributed by atoms with Crippen LogP contribution in [0.5, 0.6) is 0 Å². The second-order valence-electron chi connectivity index (χ2n) is 4.50. The van der Waals surface area contributed by atoms with Gasteiger partial charge >= 0.3 is 5.97 Å². The van der Waals surface area contributed by atoms with Crippen LogP contribution in [0.1, 0.15) is 35.1 Å². The van der Waals surface area contributed by atoms with Crippen molar-refractivity contribution in [1.29, 1.82) is 0 Å². The third kappa shape index (κ3) is 2.67. The molecular weight excluding hydrogens is 280 g/mol. The summed E-state index contributed by atoms with van der Waals surface area (Å²) in [5.41, 5.74) is 1.21. The number of carboxylic acids is 1. The van der Waals surface area contributed by atoms with Crippen molar-refractivity contribution in [3.8, 4) is 10.6 Å². The van der Waals surface area contributed by atoms with Gasteiger partial charge in [0.1, 0.15) is 9.88 Å². The Kier molecular flexibility index (Phi) is 3.80. The van der Waals surface area contributed by atoms with Crippen molar-refractivity contribution >= 4 is 23.0 Å². The molecule has 0 radical (unpaired) electrons. The first-order chi connectivity index (χ1) is 9.40. The molecular formula is C13H12N2O4S. The molecule has 1 aromatic carbocycles. The van der Waals surface area contributed by atoms with Gasteiger partial charge in [0, 0.05) is 17.7 Å². The Balaban J connectivity index is 2.45. The summed E-state index contributed by atoms with van der Waals surface area (Å²) in [6, 6.07) is 5.91. The second kappa shape index (κ2) is 5.38. The van der Waals surface area contributed by atoms with Crippen LogP contribution in [0.4, 0.5) is 5.69 Å². The van der Waals surface area contributed by atoms with Gasteiger partial charge in [-0.15, -0.1) is 11.3 Å². The average molecular weight is 292 g/mol. The highest BCUT2D eigenvalue weighted by Gasteiger charge is 2.20. The van der Waals surface area contributed by atoms with Gasteiger partial charge in [0.2, 0.25) is 0 Å². The highest BCUT2D eigenvalue weighted by Crippen LogP contribution is 2.32. The third-order valence-electron chi connectivity index (χ3n) is 2.72. The minimum Gasteiger partial charge on any atom is -0.477 e. The van der Waals surface area contributed by atoms with Crippen LogP contribution in [-0.4, -0.2) is 21.0 Å². The molecule has 7 heteroatoms. The number of carboxylic acid groups (broad SMARTS) is 1. The van der Waals surface area contributed by atoms with Gasteiger partial charge in [0.05, 0.1) is 10.6 Å². The lowest BCUT2D eigenvalue weighted by molar-refractivity contribution is -0.384. The molecule has 0 amide bonds. The van der Waals surface area contributed by atoms with Gasteiger partial charge < -0.3 is 5.11 Å². The maximum Gasteiger partial charge on any atom is 0.347 e. The van der Waals surface area contributed by atoms with E-state index in [1.54, 1.807) is 12.1 Å². The molecule has 0 saturated heterocycles.